The summed E-state index contributed by atoms with van der Waals surface area (Å²) in [5.41, 5.74) is 6.43. The molecule has 5 nitrogen and oxygen atoms in total. The van der Waals surface area contributed by atoms with Crippen molar-refractivity contribution in [2.75, 3.05) is 10.6 Å². The third kappa shape index (κ3) is 4.69. The second-order valence-electron chi connectivity index (χ2n) is 7.43. The molecule has 152 valence electrons. The maximum atomic E-state index is 12.4. The Kier molecular flexibility index (Phi) is 5.80. The van der Waals surface area contributed by atoms with Crippen LogP contribution >= 0.6 is 0 Å². The zero-order chi connectivity index (χ0) is 20.9. The largest absolute Gasteiger partial charge is 0.423 e. The van der Waals surface area contributed by atoms with Crippen molar-refractivity contribution >= 4 is 34.4 Å². The highest BCUT2D eigenvalue weighted by molar-refractivity contribution is 5.92. The lowest BCUT2D eigenvalue weighted by Crippen LogP contribution is -2.14. The minimum absolute atomic E-state index is 0.0598. The molecule has 0 aliphatic heterocycles. The van der Waals surface area contributed by atoms with Crippen molar-refractivity contribution in [3.05, 3.63) is 83.4 Å². The van der Waals surface area contributed by atoms with Gasteiger partial charge >= 0.3 is 0 Å². The number of nitrogens with zero attached hydrogens (tertiary/aromatic N) is 1. The lowest BCUT2D eigenvalue weighted by molar-refractivity contribution is -0.115. The first-order valence-corrected chi connectivity index (χ1v) is 10.2. The number of fused-ring (bicyclic) bond motifs is 1. The van der Waals surface area contributed by atoms with Gasteiger partial charge in [-0.25, -0.2) is 0 Å². The van der Waals surface area contributed by atoms with Gasteiger partial charge in [0, 0.05) is 11.4 Å². The number of carbonyl (C=O) groups is 1. The second-order valence-corrected chi connectivity index (χ2v) is 7.43. The lowest BCUT2D eigenvalue weighted by atomic mass is 10.1. The molecule has 0 atom stereocenters. The number of hydrogen-bond donors (Lipinski definition) is 2. The molecule has 30 heavy (non-hydrogen) atoms. The Morgan fingerprint density at radius 3 is 2.53 bits per heavy atom. The highest BCUT2D eigenvalue weighted by atomic mass is 16.4. The first kappa shape index (κ1) is 19.7. The Hall–Kier alpha value is -3.60. The van der Waals surface area contributed by atoms with Crippen LogP contribution in [0.25, 0.3) is 11.1 Å². The monoisotopic (exact) mass is 399 g/mol. The molecule has 0 saturated heterocycles. The van der Waals surface area contributed by atoms with Gasteiger partial charge in [-0.3, -0.25) is 4.79 Å². The maximum absolute atomic E-state index is 12.4. The van der Waals surface area contributed by atoms with Gasteiger partial charge in [0.1, 0.15) is 5.52 Å². The molecule has 5 heteroatoms. The maximum Gasteiger partial charge on any atom is 0.300 e. The van der Waals surface area contributed by atoms with Gasteiger partial charge in [-0.05, 0) is 60.4 Å². The molecule has 0 saturated carbocycles. The van der Waals surface area contributed by atoms with Crippen LogP contribution in [0.4, 0.5) is 17.4 Å². The Morgan fingerprint density at radius 1 is 1.00 bits per heavy atom. The minimum Gasteiger partial charge on any atom is -0.423 e. The molecule has 0 aliphatic rings. The summed E-state index contributed by atoms with van der Waals surface area (Å²) in [6.45, 7) is 4.18. The predicted molar refractivity (Wildman–Crippen MR) is 121 cm³/mol. The van der Waals surface area contributed by atoms with E-state index >= 15 is 0 Å². The van der Waals surface area contributed by atoms with Crippen LogP contribution in [0.2, 0.25) is 0 Å². The van der Waals surface area contributed by atoms with E-state index in [1.165, 1.54) is 5.56 Å². The summed E-state index contributed by atoms with van der Waals surface area (Å²) in [4.78, 5) is 16.9. The highest BCUT2D eigenvalue weighted by Gasteiger charge is 2.10. The topological polar surface area (TPSA) is 67.2 Å². The highest BCUT2D eigenvalue weighted by Crippen LogP contribution is 2.25. The molecule has 0 bridgehead atoms. The zero-order valence-corrected chi connectivity index (χ0v) is 17.2. The van der Waals surface area contributed by atoms with Crippen molar-refractivity contribution < 1.29 is 9.21 Å². The number of carbonyl (C=O) groups excluding carboxylic acids is 1. The Labute approximate surface area is 176 Å². The van der Waals surface area contributed by atoms with Gasteiger partial charge in [0.2, 0.25) is 5.91 Å². The molecule has 0 spiro atoms. The predicted octanol–water partition coefficient (Wildman–Crippen LogP) is 6.01. The lowest BCUT2D eigenvalue weighted by Gasteiger charge is -2.06. The molecule has 4 aromatic rings. The van der Waals surface area contributed by atoms with Crippen LogP contribution in [0.15, 0.2) is 71.1 Å². The molecule has 1 amide bonds. The molecule has 0 fully saturated rings. The van der Waals surface area contributed by atoms with Gasteiger partial charge in [-0.1, -0.05) is 49.7 Å². The average molecular weight is 399 g/mol. The van der Waals surface area contributed by atoms with Crippen molar-refractivity contribution in [3.8, 4) is 0 Å². The molecule has 1 aromatic heterocycles. The van der Waals surface area contributed by atoms with Crippen molar-refractivity contribution in [3.63, 3.8) is 0 Å². The zero-order valence-electron chi connectivity index (χ0n) is 17.2. The summed E-state index contributed by atoms with van der Waals surface area (Å²) in [5.74, 6) is -0.0598. The van der Waals surface area contributed by atoms with E-state index < -0.39 is 0 Å². The van der Waals surface area contributed by atoms with Crippen LogP contribution in [0, 0.1) is 6.92 Å². The number of aryl methyl sites for hydroxylation is 2. The van der Waals surface area contributed by atoms with E-state index in [0.29, 0.717) is 11.6 Å². The average Bonchev–Trinajstić information content (AvgIpc) is 3.13. The van der Waals surface area contributed by atoms with Gasteiger partial charge in [0.25, 0.3) is 6.01 Å². The number of nitrogens with one attached hydrogen (secondary N) is 2. The smallest absolute Gasteiger partial charge is 0.300 e. The van der Waals surface area contributed by atoms with Crippen molar-refractivity contribution in [1.29, 1.82) is 0 Å². The number of hydrogen-bond acceptors (Lipinski definition) is 4. The van der Waals surface area contributed by atoms with Gasteiger partial charge in [0.15, 0.2) is 5.58 Å². The number of anilines is 3. The van der Waals surface area contributed by atoms with Gasteiger partial charge in [0.05, 0.1) is 6.42 Å². The standard InChI is InChI=1S/C25H25N3O2/c1-3-6-18-9-12-20(13-10-18)26-24(29)16-19-11-14-22-23(15-19)30-25(28-22)27-21-8-5-4-7-17(21)2/h4-5,7-15H,3,6,16H2,1-2H3,(H,26,29)(H,27,28). The Morgan fingerprint density at radius 2 is 1.77 bits per heavy atom. The molecular weight excluding hydrogens is 374 g/mol. The molecule has 0 radical (unpaired) electrons. The summed E-state index contributed by atoms with van der Waals surface area (Å²) >= 11 is 0. The van der Waals surface area contributed by atoms with Gasteiger partial charge in [-0.2, -0.15) is 4.98 Å². The number of rotatable bonds is 7. The van der Waals surface area contributed by atoms with E-state index in [0.717, 1.165) is 40.9 Å². The van der Waals surface area contributed by atoms with Crippen LogP contribution in [0.3, 0.4) is 0 Å². The summed E-state index contributed by atoms with van der Waals surface area (Å²) in [7, 11) is 0. The van der Waals surface area contributed by atoms with Crippen LogP contribution in [0.1, 0.15) is 30.0 Å². The van der Waals surface area contributed by atoms with Crippen molar-refractivity contribution in [2.24, 2.45) is 0 Å². The third-order valence-corrected chi connectivity index (χ3v) is 4.98. The summed E-state index contributed by atoms with van der Waals surface area (Å²) < 4.78 is 5.85. The number of para-hydroxylation sites is 1. The summed E-state index contributed by atoms with van der Waals surface area (Å²) in [6, 6.07) is 22.1. The summed E-state index contributed by atoms with van der Waals surface area (Å²) in [6.07, 6.45) is 2.43. The summed E-state index contributed by atoms with van der Waals surface area (Å²) in [5, 5.41) is 6.17. The quantitative estimate of drug-likeness (QED) is 0.399. The van der Waals surface area contributed by atoms with E-state index in [-0.39, 0.29) is 12.3 Å². The fourth-order valence-corrected chi connectivity index (χ4v) is 3.39. The molecule has 2 N–H and O–H groups in total. The number of benzene rings is 3. The number of oxazole rings is 1. The van der Waals surface area contributed by atoms with Crippen molar-refractivity contribution in [2.45, 2.75) is 33.1 Å². The molecule has 0 unspecified atom stereocenters. The second kappa shape index (κ2) is 8.82. The van der Waals surface area contributed by atoms with Crippen molar-refractivity contribution in [1.82, 2.24) is 4.98 Å². The molecule has 3 aromatic carbocycles. The van der Waals surface area contributed by atoms with Crippen LogP contribution < -0.4 is 10.6 Å². The van der Waals surface area contributed by atoms with Crippen LogP contribution in [-0.2, 0) is 17.6 Å². The first-order chi connectivity index (χ1) is 14.6. The Bertz CT molecular complexity index is 1160. The molecule has 0 aliphatic carbocycles. The van der Waals surface area contributed by atoms with Gasteiger partial charge < -0.3 is 15.1 Å². The van der Waals surface area contributed by atoms with E-state index in [4.69, 9.17) is 4.42 Å². The molecule has 1 heterocycles. The van der Waals surface area contributed by atoms with E-state index in [2.05, 4.69) is 34.7 Å². The van der Waals surface area contributed by atoms with E-state index in [1.54, 1.807) is 0 Å². The fraction of sp³-hybridized carbons (Fsp3) is 0.200. The van der Waals surface area contributed by atoms with Gasteiger partial charge in [-0.15, -0.1) is 0 Å². The van der Waals surface area contributed by atoms with E-state index in [9.17, 15) is 4.79 Å². The van der Waals surface area contributed by atoms with E-state index in [1.807, 2.05) is 61.5 Å². The Balaban J connectivity index is 1.43. The SMILES string of the molecule is CCCc1ccc(NC(=O)Cc2ccc3nc(Nc4ccccc4C)oc3c2)cc1. The normalized spacial score (nSPS) is 10.9. The molecule has 4 rings (SSSR count). The van der Waals surface area contributed by atoms with Crippen LogP contribution in [0.5, 0.6) is 0 Å². The first-order valence-electron chi connectivity index (χ1n) is 10.2. The number of aromatic nitrogens is 1. The third-order valence-electron chi connectivity index (χ3n) is 4.98. The fourth-order valence-electron chi connectivity index (χ4n) is 3.39. The van der Waals surface area contributed by atoms with Crippen LogP contribution in [-0.4, -0.2) is 10.9 Å². The molecular formula is C25H25N3O2. The minimum atomic E-state index is -0.0598. The number of amides is 1.